The molecular formula is C16H19NO3. The molecule has 0 bridgehead atoms. The zero-order chi connectivity index (χ0) is 14.7. The van der Waals surface area contributed by atoms with Crippen molar-refractivity contribution >= 4 is 12.0 Å². The molecule has 4 heteroatoms. The van der Waals surface area contributed by atoms with Gasteiger partial charge in [-0.25, -0.2) is 9.69 Å². The number of allylic oxidation sites excluding steroid dienone is 1. The fourth-order valence-corrected chi connectivity index (χ4v) is 2.15. The van der Waals surface area contributed by atoms with Gasteiger partial charge in [-0.05, 0) is 18.4 Å². The van der Waals surface area contributed by atoms with Crippen molar-refractivity contribution in [2.75, 3.05) is 6.61 Å². The van der Waals surface area contributed by atoms with Crippen LogP contribution in [0.1, 0.15) is 31.9 Å². The Balaban J connectivity index is 2.17. The standard InChI is InChI=1S/C16H19NO3/c1-11(2)12(3)9-15(18)17-14(10-20-16(17)19)13-7-5-4-6-8-13/h4-8,12,14H,1,9-10H2,2-3H3/t12-,14-/m1/s1. The second kappa shape index (κ2) is 5.90. The highest BCUT2D eigenvalue weighted by molar-refractivity contribution is 5.93. The second-order valence-electron chi connectivity index (χ2n) is 5.22. The van der Waals surface area contributed by atoms with Crippen molar-refractivity contribution in [2.45, 2.75) is 26.3 Å². The van der Waals surface area contributed by atoms with Crippen LogP contribution in [0.15, 0.2) is 42.5 Å². The maximum absolute atomic E-state index is 12.3. The summed E-state index contributed by atoms with van der Waals surface area (Å²) in [5, 5.41) is 0. The van der Waals surface area contributed by atoms with Crippen LogP contribution in [0, 0.1) is 5.92 Å². The largest absolute Gasteiger partial charge is 0.446 e. The van der Waals surface area contributed by atoms with Crippen molar-refractivity contribution in [3.05, 3.63) is 48.0 Å². The van der Waals surface area contributed by atoms with Crippen molar-refractivity contribution in [1.29, 1.82) is 0 Å². The Labute approximate surface area is 119 Å². The summed E-state index contributed by atoms with van der Waals surface area (Å²) >= 11 is 0. The number of carbonyl (C=O) groups excluding carboxylic acids is 2. The molecule has 4 nitrogen and oxygen atoms in total. The van der Waals surface area contributed by atoms with Crippen molar-refractivity contribution < 1.29 is 14.3 Å². The van der Waals surface area contributed by atoms with E-state index in [-0.39, 0.29) is 30.9 Å². The number of carbonyl (C=O) groups is 2. The lowest BCUT2D eigenvalue weighted by Gasteiger charge is -2.21. The monoisotopic (exact) mass is 273 g/mol. The molecule has 2 atom stereocenters. The van der Waals surface area contributed by atoms with E-state index in [4.69, 9.17) is 4.74 Å². The molecule has 0 N–H and O–H groups in total. The van der Waals surface area contributed by atoms with Gasteiger partial charge < -0.3 is 4.74 Å². The summed E-state index contributed by atoms with van der Waals surface area (Å²) in [7, 11) is 0. The quantitative estimate of drug-likeness (QED) is 0.791. The molecule has 106 valence electrons. The SMILES string of the molecule is C=C(C)[C@H](C)CC(=O)N1C(=O)OC[C@@H]1c1ccccc1. The van der Waals surface area contributed by atoms with E-state index in [1.807, 2.05) is 44.2 Å². The van der Waals surface area contributed by atoms with Crippen LogP contribution in [0.3, 0.4) is 0 Å². The summed E-state index contributed by atoms with van der Waals surface area (Å²) < 4.78 is 5.04. The molecule has 0 unspecified atom stereocenters. The minimum atomic E-state index is -0.558. The molecule has 2 amide bonds. The van der Waals surface area contributed by atoms with E-state index in [1.165, 1.54) is 4.90 Å². The summed E-state index contributed by atoms with van der Waals surface area (Å²) in [5.74, 6) is -0.163. The van der Waals surface area contributed by atoms with E-state index in [0.29, 0.717) is 0 Å². The summed E-state index contributed by atoms with van der Waals surface area (Å²) in [6.45, 7) is 7.88. The molecule has 0 saturated carbocycles. The first-order valence-electron chi connectivity index (χ1n) is 6.70. The van der Waals surface area contributed by atoms with E-state index in [9.17, 15) is 9.59 Å². The molecule has 0 spiro atoms. The number of ether oxygens (including phenoxy) is 1. The highest BCUT2D eigenvalue weighted by Gasteiger charge is 2.38. The molecule has 1 aliphatic rings. The average molecular weight is 273 g/mol. The zero-order valence-corrected chi connectivity index (χ0v) is 11.8. The summed E-state index contributed by atoms with van der Waals surface area (Å²) in [4.78, 5) is 25.4. The number of hydrogen-bond donors (Lipinski definition) is 0. The number of benzene rings is 1. The Hall–Kier alpha value is -2.10. The summed E-state index contributed by atoms with van der Waals surface area (Å²) in [6, 6.07) is 9.14. The topological polar surface area (TPSA) is 46.6 Å². The van der Waals surface area contributed by atoms with E-state index in [2.05, 4.69) is 6.58 Å². The van der Waals surface area contributed by atoms with Crippen molar-refractivity contribution in [1.82, 2.24) is 4.90 Å². The average Bonchev–Trinajstić information content (AvgIpc) is 2.81. The van der Waals surface area contributed by atoms with Crippen LogP contribution in [0.2, 0.25) is 0 Å². The highest BCUT2D eigenvalue weighted by Crippen LogP contribution is 2.29. The number of cyclic esters (lactones) is 1. The van der Waals surface area contributed by atoms with Gasteiger partial charge in [-0.1, -0.05) is 49.4 Å². The van der Waals surface area contributed by atoms with E-state index in [0.717, 1.165) is 11.1 Å². The first-order chi connectivity index (χ1) is 9.50. The van der Waals surface area contributed by atoms with Crippen LogP contribution < -0.4 is 0 Å². The van der Waals surface area contributed by atoms with Crippen molar-refractivity contribution in [3.8, 4) is 0 Å². The number of amides is 2. The van der Waals surface area contributed by atoms with Gasteiger partial charge in [0.05, 0.1) is 0 Å². The molecule has 1 aromatic carbocycles. The Kier molecular flexibility index (Phi) is 4.23. The third kappa shape index (κ3) is 2.90. The first kappa shape index (κ1) is 14.3. The lowest BCUT2D eigenvalue weighted by atomic mass is 9.99. The lowest BCUT2D eigenvalue weighted by Crippen LogP contribution is -2.35. The van der Waals surface area contributed by atoms with Gasteiger partial charge in [0.2, 0.25) is 5.91 Å². The van der Waals surface area contributed by atoms with E-state index < -0.39 is 6.09 Å². The molecule has 1 aliphatic heterocycles. The predicted molar refractivity (Wildman–Crippen MR) is 76.0 cm³/mol. The molecule has 0 aliphatic carbocycles. The number of hydrogen-bond acceptors (Lipinski definition) is 3. The van der Waals surface area contributed by atoms with Gasteiger partial charge in [0.15, 0.2) is 0 Å². The lowest BCUT2D eigenvalue weighted by molar-refractivity contribution is -0.129. The van der Waals surface area contributed by atoms with Crippen LogP contribution >= 0.6 is 0 Å². The minimum Gasteiger partial charge on any atom is -0.446 e. The van der Waals surface area contributed by atoms with Gasteiger partial charge in [-0.15, -0.1) is 0 Å². The zero-order valence-electron chi connectivity index (χ0n) is 11.8. The Morgan fingerprint density at radius 2 is 2.10 bits per heavy atom. The van der Waals surface area contributed by atoms with Gasteiger partial charge in [-0.3, -0.25) is 4.79 Å². The molecule has 0 radical (unpaired) electrons. The molecule has 1 fully saturated rings. The Morgan fingerprint density at radius 1 is 1.45 bits per heavy atom. The van der Waals surface area contributed by atoms with E-state index in [1.54, 1.807) is 0 Å². The van der Waals surface area contributed by atoms with E-state index >= 15 is 0 Å². The number of rotatable bonds is 4. The number of imide groups is 1. The van der Waals surface area contributed by atoms with Crippen molar-refractivity contribution in [2.24, 2.45) is 5.92 Å². The normalized spacial score (nSPS) is 19.6. The van der Waals surface area contributed by atoms with Gasteiger partial charge in [0.25, 0.3) is 0 Å². The molecule has 0 aromatic heterocycles. The van der Waals surface area contributed by atoms with Gasteiger partial charge in [-0.2, -0.15) is 0 Å². The third-order valence-corrected chi connectivity index (χ3v) is 3.65. The summed E-state index contributed by atoms with van der Waals surface area (Å²) in [5.41, 5.74) is 1.84. The molecule has 1 saturated heterocycles. The van der Waals surface area contributed by atoms with Gasteiger partial charge >= 0.3 is 6.09 Å². The van der Waals surface area contributed by atoms with Crippen LogP contribution in [-0.2, 0) is 9.53 Å². The van der Waals surface area contributed by atoms with Crippen LogP contribution in [0.5, 0.6) is 0 Å². The predicted octanol–water partition coefficient (Wildman–Crippen LogP) is 3.31. The number of nitrogens with zero attached hydrogens (tertiary/aromatic N) is 1. The Bertz CT molecular complexity index is 524. The van der Waals surface area contributed by atoms with Crippen LogP contribution in [0.4, 0.5) is 4.79 Å². The molecular weight excluding hydrogens is 254 g/mol. The molecule has 1 heterocycles. The summed E-state index contributed by atoms with van der Waals surface area (Å²) in [6.07, 6.45) is -0.286. The molecule has 20 heavy (non-hydrogen) atoms. The Morgan fingerprint density at radius 3 is 2.70 bits per heavy atom. The van der Waals surface area contributed by atoms with Gasteiger partial charge in [0.1, 0.15) is 12.6 Å². The molecule has 1 aromatic rings. The third-order valence-electron chi connectivity index (χ3n) is 3.65. The maximum atomic E-state index is 12.3. The first-order valence-corrected chi connectivity index (χ1v) is 6.70. The fraction of sp³-hybridized carbons (Fsp3) is 0.375. The maximum Gasteiger partial charge on any atom is 0.417 e. The molecule has 2 rings (SSSR count). The highest BCUT2D eigenvalue weighted by atomic mass is 16.6. The smallest absolute Gasteiger partial charge is 0.417 e. The van der Waals surface area contributed by atoms with Crippen LogP contribution in [0.25, 0.3) is 0 Å². The fourth-order valence-electron chi connectivity index (χ4n) is 2.15. The van der Waals surface area contributed by atoms with Crippen molar-refractivity contribution in [3.63, 3.8) is 0 Å². The van der Waals surface area contributed by atoms with Gasteiger partial charge in [0, 0.05) is 6.42 Å². The van der Waals surface area contributed by atoms with Crippen LogP contribution in [-0.4, -0.2) is 23.5 Å². The second-order valence-corrected chi connectivity index (χ2v) is 5.22. The minimum absolute atomic E-state index is 0.0484.